The Labute approximate surface area is 250 Å². The van der Waals surface area contributed by atoms with Crippen molar-refractivity contribution in [1.82, 2.24) is 0 Å². The Balaban J connectivity index is 6.25. The lowest BCUT2D eigenvalue weighted by Gasteiger charge is -2.47. The number of hydrogen-bond acceptors (Lipinski definition) is 9. The predicted molar refractivity (Wildman–Crippen MR) is 162 cm³/mol. The first-order valence-corrected chi connectivity index (χ1v) is 16.2. The Morgan fingerprint density at radius 2 is 0.707 bits per heavy atom. The molecule has 0 rings (SSSR count). The van der Waals surface area contributed by atoms with Crippen LogP contribution in [0.25, 0.3) is 0 Å². The fourth-order valence-corrected chi connectivity index (χ4v) is 5.99. The number of unbranched alkanes of at least 4 members (excludes halogenated alkanes) is 6. The van der Waals surface area contributed by atoms with Crippen molar-refractivity contribution in [2.75, 3.05) is 26.4 Å². The summed E-state index contributed by atoms with van der Waals surface area (Å²) < 4.78 is 6.92. The topological polar surface area (TPSA) is 171 Å². The average Bonchev–Trinajstić information content (AvgIpc) is 2.91. The highest BCUT2D eigenvalue weighted by atomic mass is 16.5. The smallest absolute Gasteiger partial charge is 0.0798 e. The zero-order valence-corrected chi connectivity index (χ0v) is 26.6. The van der Waals surface area contributed by atoms with Crippen LogP contribution in [0.5, 0.6) is 0 Å². The Morgan fingerprint density at radius 3 is 0.951 bits per heavy atom. The molecule has 0 bridgehead atoms. The molecule has 0 saturated heterocycles. The van der Waals surface area contributed by atoms with Gasteiger partial charge in [-0.05, 0) is 24.7 Å². The third-order valence-corrected chi connectivity index (χ3v) is 8.03. The fourth-order valence-electron chi connectivity index (χ4n) is 5.99. The summed E-state index contributed by atoms with van der Waals surface area (Å²) in [4.78, 5) is 0. The van der Waals surface area contributed by atoms with E-state index in [4.69, 9.17) is 4.74 Å². The zero-order chi connectivity index (χ0) is 31.3. The molecular formula is C32H66O9. The first kappa shape index (κ1) is 40.6. The van der Waals surface area contributed by atoms with E-state index < -0.39 is 62.0 Å². The SMILES string of the molecule is CC(C)CCCCCCC(CC(O)CO)(CC(O)CO)OC(CCCCCCC(C)C)(CC(O)CO)CC(O)CO. The molecule has 248 valence electrons. The van der Waals surface area contributed by atoms with E-state index in [1.807, 2.05) is 0 Å². The number of hydrogen-bond donors (Lipinski definition) is 8. The van der Waals surface area contributed by atoms with E-state index in [2.05, 4.69) is 27.7 Å². The summed E-state index contributed by atoms with van der Waals surface area (Å²) in [6.45, 7) is 6.75. The molecule has 0 aliphatic rings. The summed E-state index contributed by atoms with van der Waals surface area (Å²) in [5.41, 5.74) is -2.35. The van der Waals surface area contributed by atoms with Gasteiger partial charge in [0.05, 0.1) is 62.0 Å². The van der Waals surface area contributed by atoms with Gasteiger partial charge in [0, 0.05) is 25.7 Å². The molecule has 9 heteroatoms. The second-order valence-electron chi connectivity index (χ2n) is 13.3. The van der Waals surface area contributed by atoms with E-state index in [0.29, 0.717) is 24.7 Å². The van der Waals surface area contributed by atoms with Crippen molar-refractivity contribution >= 4 is 0 Å². The van der Waals surface area contributed by atoms with Crippen molar-refractivity contribution in [3.8, 4) is 0 Å². The van der Waals surface area contributed by atoms with E-state index in [-0.39, 0.29) is 25.7 Å². The summed E-state index contributed by atoms with van der Waals surface area (Å²) in [5.74, 6) is 1.25. The molecule has 0 amide bonds. The molecule has 0 saturated carbocycles. The minimum Gasteiger partial charge on any atom is -0.394 e. The average molecular weight is 595 g/mol. The molecule has 0 radical (unpaired) electrons. The van der Waals surface area contributed by atoms with Crippen LogP contribution in [0.1, 0.15) is 130 Å². The number of aliphatic hydroxyl groups is 8. The normalized spacial score (nSPS) is 18.3. The Hall–Kier alpha value is -0.360. The van der Waals surface area contributed by atoms with E-state index in [1.165, 1.54) is 0 Å². The Morgan fingerprint density at radius 1 is 0.439 bits per heavy atom. The highest BCUT2D eigenvalue weighted by Gasteiger charge is 2.45. The van der Waals surface area contributed by atoms with Crippen LogP contribution in [0.4, 0.5) is 0 Å². The van der Waals surface area contributed by atoms with Gasteiger partial charge in [0.15, 0.2) is 0 Å². The number of ether oxygens (including phenoxy) is 1. The summed E-state index contributed by atoms with van der Waals surface area (Å²) in [7, 11) is 0. The molecule has 4 unspecified atom stereocenters. The maximum Gasteiger partial charge on any atom is 0.0798 e. The summed E-state index contributed by atoms with van der Waals surface area (Å²) in [6, 6.07) is 0. The van der Waals surface area contributed by atoms with Crippen LogP contribution in [0.2, 0.25) is 0 Å². The molecule has 0 spiro atoms. The minimum absolute atomic E-state index is 0.00681. The van der Waals surface area contributed by atoms with Crippen molar-refractivity contribution < 1.29 is 45.6 Å². The molecule has 41 heavy (non-hydrogen) atoms. The largest absolute Gasteiger partial charge is 0.394 e. The third-order valence-electron chi connectivity index (χ3n) is 8.03. The molecule has 0 aliphatic heterocycles. The molecule has 9 nitrogen and oxygen atoms in total. The van der Waals surface area contributed by atoms with Crippen molar-refractivity contribution in [3.05, 3.63) is 0 Å². The summed E-state index contributed by atoms with van der Waals surface area (Å²) in [6.07, 6.45) is 6.05. The Kier molecular flexibility index (Phi) is 22.9. The molecule has 0 aromatic heterocycles. The lowest BCUT2D eigenvalue weighted by atomic mass is 9.79. The van der Waals surface area contributed by atoms with E-state index in [0.717, 1.165) is 64.2 Å². The molecule has 0 aromatic rings. The van der Waals surface area contributed by atoms with Crippen molar-refractivity contribution in [2.24, 2.45) is 11.8 Å². The van der Waals surface area contributed by atoms with Gasteiger partial charge in [-0.25, -0.2) is 0 Å². The van der Waals surface area contributed by atoms with Crippen LogP contribution in [-0.4, -0.2) is 103 Å². The third kappa shape index (κ3) is 19.5. The molecule has 0 aromatic carbocycles. The summed E-state index contributed by atoms with van der Waals surface area (Å²) >= 11 is 0. The van der Waals surface area contributed by atoms with Gasteiger partial charge >= 0.3 is 0 Å². The van der Waals surface area contributed by atoms with Crippen LogP contribution in [-0.2, 0) is 4.74 Å². The predicted octanol–water partition coefficient (Wildman–Crippen LogP) is 3.45. The van der Waals surface area contributed by atoms with E-state index in [9.17, 15) is 40.9 Å². The minimum atomic E-state index is -1.18. The Bertz CT molecular complexity index is 528. The molecular weight excluding hydrogens is 528 g/mol. The monoisotopic (exact) mass is 594 g/mol. The van der Waals surface area contributed by atoms with Gasteiger partial charge in [-0.3, -0.25) is 0 Å². The van der Waals surface area contributed by atoms with Gasteiger partial charge < -0.3 is 45.6 Å². The standard InChI is InChI=1S/C32H66O9/c1-25(2)13-9-5-7-11-15-31(17-27(37)21-33,18-28(38)22-34)41-32(19-29(39)23-35,20-30(40)24-36)16-12-8-6-10-14-26(3)4/h25-30,33-40H,5-24H2,1-4H3. The lowest BCUT2D eigenvalue weighted by molar-refractivity contribution is -0.216. The van der Waals surface area contributed by atoms with Gasteiger partial charge in [-0.1, -0.05) is 91.9 Å². The first-order valence-electron chi connectivity index (χ1n) is 16.2. The van der Waals surface area contributed by atoms with Gasteiger partial charge in [0.25, 0.3) is 0 Å². The number of aliphatic hydroxyl groups excluding tert-OH is 8. The quantitative estimate of drug-likeness (QED) is 0.0632. The molecule has 0 aliphatic carbocycles. The van der Waals surface area contributed by atoms with Gasteiger partial charge in [-0.2, -0.15) is 0 Å². The zero-order valence-electron chi connectivity index (χ0n) is 26.6. The van der Waals surface area contributed by atoms with Crippen LogP contribution < -0.4 is 0 Å². The number of rotatable bonds is 28. The molecule has 0 fully saturated rings. The van der Waals surface area contributed by atoms with Gasteiger partial charge in [0.2, 0.25) is 0 Å². The van der Waals surface area contributed by atoms with Crippen LogP contribution >= 0.6 is 0 Å². The van der Waals surface area contributed by atoms with Crippen LogP contribution in [0, 0.1) is 11.8 Å². The second kappa shape index (κ2) is 23.1. The highest BCUT2D eigenvalue weighted by Crippen LogP contribution is 2.41. The van der Waals surface area contributed by atoms with E-state index in [1.54, 1.807) is 0 Å². The maximum absolute atomic E-state index is 10.6. The first-order chi connectivity index (χ1) is 19.4. The maximum atomic E-state index is 10.6. The van der Waals surface area contributed by atoms with Crippen molar-refractivity contribution in [3.63, 3.8) is 0 Å². The second-order valence-corrected chi connectivity index (χ2v) is 13.3. The van der Waals surface area contributed by atoms with Gasteiger partial charge in [-0.15, -0.1) is 0 Å². The van der Waals surface area contributed by atoms with Crippen molar-refractivity contribution in [2.45, 2.75) is 166 Å². The highest BCUT2D eigenvalue weighted by molar-refractivity contribution is 4.95. The lowest BCUT2D eigenvalue weighted by Crippen LogP contribution is -2.52. The fraction of sp³-hybridized carbons (Fsp3) is 1.00. The molecule has 0 heterocycles. The van der Waals surface area contributed by atoms with Gasteiger partial charge in [0.1, 0.15) is 0 Å². The van der Waals surface area contributed by atoms with Crippen molar-refractivity contribution in [1.29, 1.82) is 0 Å². The molecule has 8 N–H and O–H groups in total. The van der Waals surface area contributed by atoms with Crippen LogP contribution in [0.3, 0.4) is 0 Å². The van der Waals surface area contributed by atoms with E-state index >= 15 is 0 Å². The van der Waals surface area contributed by atoms with Crippen LogP contribution in [0.15, 0.2) is 0 Å². The summed E-state index contributed by atoms with van der Waals surface area (Å²) in [5, 5.41) is 81.4. The molecule has 4 atom stereocenters.